The first-order valence-electron chi connectivity index (χ1n) is 7.94. The Morgan fingerprint density at radius 1 is 1.39 bits per heavy atom. The Bertz CT molecular complexity index is 562. The molecule has 0 aliphatic heterocycles. The molecule has 2 unspecified atom stereocenters. The van der Waals surface area contributed by atoms with Gasteiger partial charge in [-0.3, -0.25) is 0 Å². The lowest BCUT2D eigenvalue weighted by Gasteiger charge is -2.28. The van der Waals surface area contributed by atoms with Crippen molar-refractivity contribution in [2.75, 3.05) is 13.6 Å². The summed E-state index contributed by atoms with van der Waals surface area (Å²) >= 11 is 0. The van der Waals surface area contributed by atoms with Crippen molar-refractivity contribution in [2.45, 2.75) is 38.8 Å². The Balaban J connectivity index is 2.04. The lowest BCUT2D eigenvalue weighted by molar-refractivity contribution is 0.112. The van der Waals surface area contributed by atoms with E-state index in [1.165, 1.54) is 17.0 Å². The first-order chi connectivity index (χ1) is 10.8. The molecule has 1 aromatic rings. The molecule has 2 rings (SSSR count). The van der Waals surface area contributed by atoms with Crippen LogP contribution in [0.3, 0.4) is 0 Å². The number of nitrogens with one attached hydrogen (secondary N) is 1. The monoisotopic (exact) mass is 326 g/mol. The van der Waals surface area contributed by atoms with Gasteiger partial charge in [0.25, 0.3) is 0 Å². The third kappa shape index (κ3) is 4.64. The maximum absolute atomic E-state index is 14.0. The van der Waals surface area contributed by atoms with Crippen molar-refractivity contribution in [3.8, 4) is 0 Å². The smallest absolute Gasteiger partial charge is 0.317 e. The van der Waals surface area contributed by atoms with Gasteiger partial charge < -0.3 is 15.3 Å². The van der Waals surface area contributed by atoms with Gasteiger partial charge in [-0.1, -0.05) is 19.9 Å². The largest absolute Gasteiger partial charge is 0.391 e. The Morgan fingerprint density at radius 2 is 2.04 bits per heavy atom. The van der Waals surface area contributed by atoms with Crippen LogP contribution in [-0.4, -0.2) is 35.7 Å². The van der Waals surface area contributed by atoms with Gasteiger partial charge in [0, 0.05) is 25.2 Å². The maximum Gasteiger partial charge on any atom is 0.317 e. The number of benzene rings is 1. The van der Waals surface area contributed by atoms with E-state index >= 15 is 0 Å². The van der Waals surface area contributed by atoms with Gasteiger partial charge in [-0.05, 0) is 30.7 Å². The number of aliphatic hydroxyl groups is 1. The fourth-order valence-corrected chi connectivity index (χ4v) is 2.59. The van der Waals surface area contributed by atoms with E-state index in [1.54, 1.807) is 7.05 Å². The fraction of sp³-hybridized carbons (Fsp3) is 0.588. The van der Waals surface area contributed by atoms with Crippen molar-refractivity contribution in [1.82, 2.24) is 10.2 Å². The minimum Gasteiger partial charge on any atom is -0.391 e. The number of aliphatic hydroxyl groups excluding tert-OH is 1. The van der Waals surface area contributed by atoms with Crippen LogP contribution in [0.4, 0.5) is 13.6 Å². The van der Waals surface area contributed by atoms with Gasteiger partial charge in [-0.2, -0.15) is 0 Å². The first kappa shape index (κ1) is 17.7. The van der Waals surface area contributed by atoms with Crippen molar-refractivity contribution >= 4 is 6.03 Å². The molecule has 1 saturated carbocycles. The average molecular weight is 326 g/mol. The highest BCUT2D eigenvalue weighted by Gasteiger charge is 2.31. The number of nitrogens with zero attached hydrogens (tertiary/aromatic N) is 1. The number of urea groups is 1. The predicted octanol–water partition coefficient (Wildman–Crippen LogP) is 3.07. The number of rotatable bonds is 6. The zero-order chi connectivity index (χ0) is 17.1. The highest BCUT2D eigenvalue weighted by Crippen LogP contribution is 2.32. The normalized spacial score (nSPS) is 17.0. The Hall–Kier alpha value is -1.69. The molecule has 2 atom stereocenters. The molecule has 2 amide bonds. The van der Waals surface area contributed by atoms with Crippen LogP contribution in [-0.2, 0) is 0 Å². The van der Waals surface area contributed by atoms with E-state index in [2.05, 4.69) is 5.32 Å². The Morgan fingerprint density at radius 3 is 2.57 bits per heavy atom. The number of hydrogen-bond acceptors (Lipinski definition) is 2. The minimum absolute atomic E-state index is 0.0688. The highest BCUT2D eigenvalue weighted by atomic mass is 19.1. The second-order valence-corrected chi connectivity index (χ2v) is 6.62. The van der Waals surface area contributed by atoms with Gasteiger partial charge in [0.1, 0.15) is 11.6 Å². The highest BCUT2D eigenvalue weighted by molar-refractivity contribution is 5.74. The standard InChI is InChI=1S/C17H24F2N2O2/c1-10(2)16(13-7-6-12(18)8-14(13)19)20-17(23)21(3)9-15(22)11-4-5-11/h6-8,10-11,15-16,22H,4-5,9H2,1-3H3,(H,20,23). The van der Waals surface area contributed by atoms with Crippen LogP contribution in [0.15, 0.2) is 18.2 Å². The third-order valence-electron chi connectivity index (χ3n) is 4.22. The van der Waals surface area contributed by atoms with E-state index in [4.69, 9.17) is 0 Å². The van der Waals surface area contributed by atoms with Crippen LogP contribution >= 0.6 is 0 Å². The van der Waals surface area contributed by atoms with Crippen LogP contribution in [0.2, 0.25) is 0 Å². The Kier molecular flexibility index (Phi) is 5.57. The van der Waals surface area contributed by atoms with Gasteiger partial charge >= 0.3 is 6.03 Å². The SMILES string of the molecule is CC(C)C(NC(=O)N(C)CC(O)C1CC1)c1ccc(F)cc1F. The lowest BCUT2D eigenvalue weighted by atomic mass is 9.95. The molecule has 23 heavy (non-hydrogen) atoms. The topological polar surface area (TPSA) is 52.6 Å². The van der Waals surface area contributed by atoms with Crippen LogP contribution in [0.5, 0.6) is 0 Å². The summed E-state index contributed by atoms with van der Waals surface area (Å²) in [6.45, 7) is 3.95. The molecular weight excluding hydrogens is 302 g/mol. The van der Waals surface area contributed by atoms with E-state index < -0.39 is 23.8 Å². The molecule has 1 aliphatic carbocycles. The van der Waals surface area contributed by atoms with Crippen molar-refractivity contribution in [1.29, 1.82) is 0 Å². The summed E-state index contributed by atoms with van der Waals surface area (Å²) in [5, 5.41) is 12.7. The third-order valence-corrected chi connectivity index (χ3v) is 4.22. The van der Waals surface area contributed by atoms with Crippen molar-refractivity contribution < 1.29 is 18.7 Å². The molecule has 1 aliphatic rings. The molecule has 128 valence electrons. The van der Waals surface area contributed by atoms with Crippen LogP contribution in [0.25, 0.3) is 0 Å². The number of hydrogen-bond donors (Lipinski definition) is 2. The summed E-state index contributed by atoms with van der Waals surface area (Å²) in [6.07, 6.45) is 1.46. The fourth-order valence-electron chi connectivity index (χ4n) is 2.59. The first-order valence-corrected chi connectivity index (χ1v) is 7.94. The molecule has 0 aromatic heterocycles. The van der Waals surface area contributed by atoms with Crippen molar-refractivity contribution in [3.63, 3.8) is 0 Å². The van der Waals surface area contributed by atoms with Crippen molar-refractivity contribution in [2.24, 2.45) is 11.8 Å². The summed E-state index contributed by atoms with van der Waals surface area (Å²) in [5.41, 5.74) is 0.255. The minimum atomic E-state index is -0.676. The van der Waals surface area contributed by atoms with Gasteiger partial charge in [-0.15, -0.1) is 0 Å². The molecule has 1 fully saturated rings. The molecular formula is C17H24F2N2O2. The second-order valence-electron chi connectivity index (χ2n) is 6.62. The van der Waals surface area contributed by atoms with Crippen LogP contribution in [0.1, 0.15) is 38.3 Å². The molecule has 4 nitrogen and oxygen atoms in total. The molecule has 0 bridgehead atoms. The summed E-state index contributed by atoms with van der Waals surface area (Å²) in [6, 6.07) is 2.41. The summed E-state index contributed by atoms with van der Waals surface area (Å²) in [7, 11) is 1.60. The molecule has 1 aromatic carbocycles. The van der Waals surface area contributed by atoms with E-state index in [0.717, 1.165) is 18.9 Å². The molecule has 0 saturated heterocycles. The molecule has 0 heterocycles. The van der Waals surface area contributed by atoms with E-state index in [0.29, 0.717) is 0 Å². The van der Waals surface area contributed by atoms with Crippen LogP contribution in [0, 0.1) is 23.5 Å². The number of likely N-dealkylation sites (N-methyl/N-ethyl adjacent to an activating group) is 1. The average Bonchev–Trinajstić information content (AvgIpc) is 3.29. The van der Waals surface area contributed by atoms with Crippen LogP contribution < -0.4 is 5.32 Å². The van der Waals surface area contributed by atoms with E-state index in [-0.39, 0.29) is 30.0 Å². The number of carbonyl (C=O) groups excluding carboxylic acids is 1. The lowest BCUT2D eigenvalue weighted by Crippen LogP contribution is -2.44. The number of amides is 2. The summed E-state index contributed by atoms with van der Waals surface area (Å²) in [4.78, 5) is 13.7. The summed E-state index contributed by atoms with van der Waals surface area (Å²) in [5.74, 6) is -1.12. The molecule has 0 radical (unpaired) electrons. The van der Waals surface area contributed by atoms with Gasteiger partial charge in [0.15, 0.2) is 0 Å². The zero-order valence-electron chi connectivity index (χ0n) is 13.7. The maximum atomic E-state index is 14.0. The van der Waals surface area contributed by atoms with E-state index in [1.807, 2.05) is 13.8 Å². The van der Waals surface area contributed by atoms with Gasteiger partial charge in [-0.25, -0.2) is 13.6 Å². The quantitative estimate of drug-likeness (QED) is 0.844. The summed E-state index contributed by atoms with van der Waals surface area (Å²) < 4.78 is 27.1. The molecule has 6 heteroatoms. The van der Waals surface area contributed by atoms with Crippen molar-refractivity contribution in [3.05, 3.63) is 35.4 Å². The van der Waals surface area contributed by atoms with Gasteiger partial charge in [0.2, 0.25) is 0 Å². The second kappa shape index (κ2) is 7.25. The predicted molar refractivity (Wildman–Crippen MR) is 83.8 cm³/mol. The van der Waals surface area contributed by atoms with Gasteiger partial charge in [0.05, 0.1) is 12.1 Å². The van der Waals surface area contributed by atoms with E-state index in [9.17, 15) is 18.7 Å². The number of carbonyl (C=O) groups is 1. The zero-order valence-corrected chi connectivity index (χ0v) is 13.7. The number of halogens is 2. The molecule has 2 N–H and O–H groups in total. The molecule has 0 spiro atoms. The Labute approximate surface area is 135 Å².